The molecule has 1 aliphatic heterocycles. The van der Waals surface area contributed by atoms with Gasteiger partial charge in [-0.15, -0.1) is 0 Å². The maximum Gasteiger partial charge on any atom is 0.231 e. The Hall–Kier alpha value is -2.50. The van der Waals surface area contributed by atoms with Crippen LogP contribution in [0, 0.1) is 6.92 Å². The van der Waals surface area contributed by atoms with Crippen molar-refractivity contribution in [3.63, 3.8) is 0 Å². The minimum Gasteiger partial charge on any atom is -0.454 e. The van der Waals surface area contributed by atoms with Crippen molar-refractivity contribution >= 4 is 17.5 Å². The molecule has 122 valence electrons. The number of aryl methyl sites for hydroxylation is 1. The Balaban J connectivity index is 1.78. The number of rotatable bonds is 6. The summed E-state index contributed by atoms with van der Waals surface area (Å²) >= 11 is 0. The van der Waals surface area contributed by atoms with Crippen molar-refractivity contribution in [1.82, 2.24) is 9.97 Å². The summed E-state index contributed by atoms with van der Waals surface area (Å²) in [4.78, 5) is 11.2. The van der Waals surface area contributed by atoms with Crippen molar-refractivity contribution in [2.75, 3.05) is 30.6 Å². The lowest BCUT2D eigenvalue weighted by atomic mass is 10.3. The first-order valence-electron chi connectivity index (χ1n) is 7.89. The van der Waals surface area contributed by atoms with Gasteiger partial charge in [-0.05, 0) is 25.5 Å². The van der Waals surface area contributed by atoms with Gasteiger partial charge in [0, 0.05) is 37.1 Å². The molecule has 1 aliphatic rings. The lowest BCUT2D eigenvalue weighted by molar-refractivity contribution is 0.174. The quantitative estimate of drug-likeness (QED) is 0.880. The fraction of sp³-hybridized carbons (Fsp3) is 0.412. The minimum atomic E-state index is 0.270. The van der Waals surface area contributed by atoms with Gasteiger partial charge in [-0.3, -0.25) is 0 Å². The molecule has 6 nitrogen and oxygen atoms in total. The van der Waals surface area contributed by atoms with Crippen LogP contribution in [0.2, 0.25) is 0 Å². The first-order chi connectivity index (χ1) is 11.2. The molecule has 0 saturated heterocycles. The molecule has 2 aromatic rings. The van der Waals surface area contributed by atoms with Crippen LogP contribution in [-0.4, -0.2) is 30.4 Å². The summed E-state index contributed by atoms with van der Waals surface area (Å²) in [5.41, 5.74) is 1.81. The van der Waals surface area contributed by atoms with Crippen LogP contribution in [0.4, 0.5) is 17.5 Å². The average Bonchev–Trinajstić information content (AvgIpc) is 2.99. The highest BCUT2D eigenvalue weighted by molar-refractivity contribution is 5.61. The number of aromatic nitrogens is 2. The van der Waals surface area contributed by atoms with E-state index in [-0.39, 0.29) is 6.79 Å². The first-order valence-corrected chi connectivity index (χ1v) is 7.89. The van der Waals surface area contributed by atoms with E-state index in [2.05, 4.69) is 34.2 Å². The zero-order valence-electron chi connectivity index (χ0n) is 13.8. The molecule has 3 rings (SSSR count). The van der Waals surface area contributed by atoms with E-state index in [0.29, 0.717) is 5.95 Å². The van der Waals surface area contributed by atoms with Crippen LogP contribution < -0.4 is 19.7 Å². The van der Waals surface area contributed by atoms with Crippen molar-refractivity contribution in [3.05, 3.63) is 30.0 Å². The maximum atomic E-state index is 5.40. The third-order valence-electron chi connectivity index (χ3n) is 3.71. The summed E-state index contributed by atoms with van der Waals surface area (Å²) in [6.07, 6.45) is 2.31. The van der Waals surface area contributed by atoms with Crippen LogP contribution in [0.1, 0.15) is 25.5 Å². The van der Waals surface area contributed by atoms with Crippen molar-refractivity contribution in [2.24, 2.45) is 0 Å². The highest BCUT2D eigenvalue weighted by Crippen LogP contribution is 2.34. The van der Waals surface area contributed by atoms with Gasteiger partial charge < -0.3 is 19.7 Å². The van der Waals surface area contributed by atoms with Gasteiger partial charge in [-0.25, -0.2) is 4.98 Å². The van der Waals surface area contributed by atoms with Gasteiger partial charge >= 0.3 is 0 Å². The summed E-state index contributed by atoms with van der Waals surface area (Å²) in [7, 11) is 2.06. The van der Waals surface area contributed by atoms with Gasteiger partial charge in [0.25, 0.3) is 0 Å². The van der Waals surface area contributed by atoms with Gasteiger partial charge in [-0.1, -0.05) is 13.3 Å². The number of nitrogens with one attached hydrogen (secondary N) is 1. The third kappa shape index (κ3) is 3.64. The number of benzene rings is 1. The van der Waals surface area contributed by atoms with E-state index in [0.717, 1.165) is 48.1 Å². The molecule has 2 heterocycles. The molecule has 1 aromatic heterocycles. The second kappa shape index (κ2) is 6.73. The van der Waals surface area contributed by atoms with Crippen LogP contribution in [0.15, 0.2) is 24.3 Å². The smallest absolute Gasteiger partial charge is 0.231 e. The predicted molar refractivity (Wildman–Crippen MR) is 90.8 cm³/mol. The summed E-state index contributed by atoms with van der Waals surface area (Å²) in [6.45, 7) is 5.41. The standard InChI is InChI=1S/C17H22N4O2/c1-4-5-8-21(3)16-9-12(2)18-17(20-16)19-13-6-7-14-15(10-13)23-11-22-14/h6-7,9-10H,4-5,8,11H2,1-3H3,(H,18,19,20). The Kier molecular flexibility index (Phi) is 4.50. The Labute approximate surface area is 136 Å². The fourth-order valence-electron chi connectivity index (χ4n) is 2.42. The van der Waals surface area contributed by atoms with Gasteiger partial charge in [-0.2, -0.15) is 4.98 Å². The summed E-state index contributed by atoms with van der Waals surface area (Å²) in [5.74, 6) is 3.01. The second-order valence-electron chi connectivity index (χ2n) is 5.66. The van der Waals surface area contributed by atoms with Crippen molar-refractivity contribution in [1.29, 1.82) is 0 Å². The topological polar surface area (TPSA) is 59.5 Å². The van der Waals surface area contributed by atoms with E-state index < -0.39 is 0 Å². The normalized spacial score (nSPS) is 12.3. The van der Waals surface area contributed by atoms with E-state index in [1.54, 1.807) is 0 Å². The molecule has 1 aromatic carbocycles. The van der Waals surface area contributed by atoms with E-state index in [1.165, 1.54) is 0 Å². The largest absolute Gasteiger partial charge is 0.454 e. The SMILES string of the molecule is CCCCN(C)c1cc(C)nc(Nc2ccc3c(c2)OCO3)n1. The Morgan fingerprint density at radius 3 is 2.83 bits per heavy atom. The molecule has 0 fully saturated rings. The van der Waals surface area contributed by atoms with Crippen LogP contribution in [-0.2, 0) is 0 Å². The molecule has 0 saturated carbocycles. The lowest BCUT2D eigenvalue weighted by Crippen LogP contribution is -2.20. The van der Waals surface area contributed by atoms with E-state index in [1.807, 2.05) is 31.2 Å². The zero-order valence-corrected chi connectivity index (χ0v) is 13.8. The molecule has 23 heavy (non-hydrogen) atoms. The third-order valence-corrected chi connectivity index (χ3v) is 3.71. The number of fused-ring (bicyclic) bond motifs is 1. The van der Waals surface area contributed by atoms with Crippen molar-refractivity contribution < 1.29 is 9.47 Å². The Morgan fingerprint density at radius 2 is 2.00 bits per heavy atom. The maximum absolute atomic E-state index is 5.40. The van der Waals surface area contributed by atoms with Crippen LogP contribution in [0.3, 0.4) is 0 Å². The summed E-state index contributed by atoms with van der Waals surface area (Å²) in [6, 6.07) is 7.71. The lowest BCUT2D eigenvalue weighted by Gasteiger charge is -2.19. The van der Waals surface area contributed by atoms with Gasteiger partial charge in [0.15, 0.2) is 11.5 Å². The average molecular weight is 314 g/mol. The highest BCUT2D eigenvalue weighted by atomic mass is 16.7. The molecule has 1 N–H and O–H groups in total. The predicted octanol–water partition coefficient (Wildman–Crippen LogP) is 3.49. The van der Waals surface area contributed by atoms with Gasteiger partial charge in [0.05, 0.1) is 0 Å². The number of ether oxygens (including phenoxy) is 2. The Morgan fingerprint density at radius 1 is 1.17 bits per heavy atom. The molecule has 0 aliphatic carbocycles. The fourth-order valence-corrected chi connectivity index (χ4v) is 2.42. The highest BCUT2D eigenvalue weighted by Gasteiger charge is 2.14. The van der Waals surface area contributed by atoms with Crippen molar-refractivity contribution in [2.45, 2.75) is 26.7 Å². The van der Waals surface area contributed by atoms with Gasteiger partial charge in [0.1, 0.15) is 5.82 Å². The number of anilines is 3. The molecule has 6 heteroatoms. The first kappa shape index (κ1) is 15.4. The number of hydrogen-bond donors (Lipinski definition) is 1. The molecule has 0 radical (unpaired) electrons. The molecule has 0 unspecified atom stereocenters. The number of unbranched alkanes of at least 4 members (excludes halogenated alkanes) is 1. The Bertz CT molecular complexity index is 690. The number of nitrogens with zero attached hydrogens (tertiary/aromatic N) is 3. The zero-order chi connectivity index (χ0) is 16.2. The summed E-state index contributed by atoms with van der Waals surface area (Å²) < 4.78 is 10.7. The van der Waals surface area contributed by atoms with E-state index >= 15 is 0 Å². The van der Waals surface area contributed by atoms with Crippen LogP contribution in [0.5, 0.6) is 11.5 Å². The van der Waals surface area contributed by atoms with E-state index in [9.17, 15) is 0 Å². The minimum absolute atomic E-state index is 0.270. The summed E-state index contributed by atoms with van der Waals surface area (Å²) in [5, 5.41) is 3.24. The molecule has 0 atom stereocenters. The van der Waals surface area contributed by atoms with Crippen LogP contribution in [0.25, 0.3) is 0 Å². The molecule has 0 bridgehead atoms. The monoisotopic (exact) mass is 314 g/mol. The second-order valence-corrected chi connectivity index (χ2v) is 5.66. The van der Waals surface area contributed by atoms with Gasteiger partial charge in [0.2, 0.25) is 12.7 Å². The van der Waals surface area contributed by atoms with Crippen LogP contribution >= 0.6 is 0 Å². The number of hydrogen-bond acceptors (Lipinski definition) is 6. The molecule has 0 amide bonds. The van der Waals surface area contributed by atoms with E-state index in [4.69, 9.17) is 9.47 Å². The molecular weight excluding hydrogens is 292 g/mol. The molecule has 0 spiro atoms. The molecular formula is C17H22N4O2. The van der Waals surface area contributed by atoms with Crippen molar-refractivity contribution in [3.8, 4) is 11.5 Å².